The van der Waals surface area contributed by atoms with E-state index in [0.717, 1.165) is 50.9 Å². The number of unbranched alkanes of at least 4 members (excludes halogenated alkanes) is 1. The van der Waals surface area contributed by atoms with E-state index < -0.39 is 23.5 Å². The summed E-state index contributed by atoms with van der Waals surface area (Å²) in [7, 11) is 0. The van der Waals surface area contributed by atoms with Crippen LogP contribution in [0.2, 0.25) is 0 Å². The third-order valence-corrected chi connectivity index (χ3v) is 10.5. The number of carboxylic acid groups (broad SMARTS) is 1. The van der Waals surface area contributed by atoms with Crippen molar-refractivity contribution in [1.29, 1.82) is 0 Å². The molecule has 10 heteroatoms. The maximum atomic E-state index is 13.4. The lowest BCUT2D eigenvalue weighted by Crippen LogP contribution is -2.47. The van der Waals surface area contributed by atoms with Gasteiger partial charge in [0.15, 0.2) is 5.82 Å². The Balaban J connectivity index is 1.20. The smallest absolute Gasteiger partial charge is 0.326 e. The molecule has 0 saturated carbocycles. The van der Waals surface area contributed by atoms with Crippen LogP contribution < -0.4 is 5.32 Å². The topological polar surface area (TPSA) is 130 Å². The number of hydrogen-bond donors (Lipinski definition) is 2. The van der Waals surface area contributed by atoms with Crippen LogP contribution in [-0.2, 0) is 32.9 Å². The average Bonchev–Trinajstić information content (AvgIpc) is 3.77. The van der Waals surface area contributed by atoms with Crippen molar-refractivity contribution in [2.75, 3.05) is 6.54 Å². The van der Waals surface area contributed by atoms with Crippen LogP contribution in [0.1, 0.15) is 54.0 Å². The fourth-order valence-corrected chi connectivity index (χ4v) is 7.61. The van der Waals surface area contributed by atoms with E-state index >= 15 is 0 Å². The van der Waals surface area contributed by atoms with Crippen molar-refractivity contribution in [3.63, 3.8) is 0 Å². The summed E-state index contributed by atoms with van der Waals surface area (Å²) in [6.45, 7) is 1.92. The molecule has 1 atom stereocenters. The lowest BCUT2D eigenvalue weighted by atomic mass is 9.77. The largest absolute Gasteiger partial charge is 0.480 e. The summed E-state index contributed by atoms with van der Waals surface area (Å²) in [5, 5.41) is 26.2. The first-order valence-corrected chi connectivity index (χ1v) is 19.9. The van der Waals surface area contributed by atoms with Crippen molar-refractivity contribution in [3.8, 4) is 22.5 Å². The Kier molecular flexibility index (Phi) is 12.8. The van der Waals surface area contributed by atoms with Gasteiger partial charge in [-0.25, -0.2) is 9.48 Å². The number of amides is 2. The molecule has 0 bridgehead atoms. The van der Waals surface area contributed by atoms with Crippen LogP contribution >= 0.6 is 0 Å². The third-order valence-electron chi connectivity index (χ3n) is 10.5. The van der Waals surface area contributed by atoms with Crippen LogP contribution in [-0.4, -0.2) is 60.6 Å². The molecule has 1 aromatic heterocycles. The van der Waals surface area contributed by atoms with Gasteiger partial charge in [0.2, 0.25) is 11.8 Å². The Bertz CT molecular complexity index is 2360. The van der Waals surface area contributed by atoms with Crippen molar-refractivity contribution in [3.05, 3.63) is 198 Å². The average molecular weight is 783 g/mol. The summed E-state index contributed by atoms with van der Waals surface area (Å²) in [5.41, 5.74) is 6.32. The van der Waals surface area contributed by atoms with E-state index in [9.17, 15) is 19.5 Å². The van der Waals surface area contributed by atoms with Crippen LogP contribution in [0.25, 0.3) is 22.5 Å². The highest BCUT2D eigenvalue weighted by atomic mass is 16.4. The van der Waals surface area contributed by atoms with Crippen LogP contribution in [0.15, 0.2) is 170 Å². The van der Waals surface area contributed by atoms with Gasteiger partial charge in [-0.15, -0.1) is 5.10 Å². The molecule has 2 N–H and O–H groups in total. The van der Waals surface area contributed by atoms with E-state index in [-0.39, 0.29) is 31.8 Å². The second-order valence-electron chi connectivity index (χ2n) is 14.5. The van der Waals surface area contributed by atoms with E-state index in [4.69, 9.17) is 5.21 Å². The van der Waals surface area contributed by atoms with Gasteiger partial charge in [-0.05, 0) is 55.8 Å². The number of tetrazole rings is 1. The highest BCUT2D eigenvalue weighted by molar-refractivity contribution is 5.88. The minimum absolute atomic E-state index is 0.132. The number of hydrogen-bond acceptors (Lipinski definition) is 6. The fourth-order valence-electron chi connectivity index (χ4n) is 7.61. The van der Waals surface area contributed by atoms with Gasteiger partial charge in [0, 0.05) is 24.9 Å². The van der Waals surface area contributed by atoms with Crippen LogP contribution in [0.4, 0.5) is 0 Å². The highest BCUT2D eigenvalue weighted by Crippen LogP contribution is 2.43. The van der Waals surface area contributed by atoms with E-state index in [2.05, 4.69) is 52.0 Å². The molecule has 6 aromatic carbocycles. The van der Waals surface area contributed by atoms with Gasteiger partial charge in [-0.2, -0.15) is 0 Å². The second kappa shape index (κ2) is 18.8. The molecule has 2 amide bonds. The molecule has 0 spiro atoms. The van der Waals surface area contributed by atoms with E-state index in [0.29, 0.717) is 12.2 Å². The van der Waals surface area contributed by atoms with Gasteiger partial charge in [0.25, 0.3) is 0 Å². The molecule has 10 nitrogen and oxygen atoms in total. The molecule has 7 aromatic rings. The van der Waals surface area contributed by atoms with Crippen molar-refractivity contribution in [2.24, 2.45) is 0 Å². The first kappa shape index (κ1) is 40.0. The van der Waals surface area contributed by atoms with E-state index in [1.807, 2.05) is 145 Å². The fraction of sp³-hybridized carbons (Fsp3) is 0.184. The molecule has 0 saturated heterocycles. The van der Waals surface area contributed by atoms with Gasteiger partial charge >= 0.3 is 5.97 Å². The number of carboxylic acids is 1. The molecule has 0 aliphatic rings. The minimum atomic E-state index is -1.14. The molecule has 0 unspecified atom stereocenters. The zero-order valence-corrected chi connectivity index (χ0v) is 32.9. The number of aliphatic carboxylic acids is 1. The summed E-state index contributed by atoms with van der Waals surface area (Å²) >= 11 is 0. The van der Waals surface area contributed by atoms with E-state index in [1.54, 1.807) is 0 Å². The number of rotatable bonds is 17. The lowest BCUT2D eigenvalue weighted by Gasteiger charge is -2.36. The van der Waals surface area contributed by atoms with Gasteiger partial charge in [0.1, 0.15) is 11.6 Å². The van der Waals surface area contributed by atoms with Crippen molar-refractivity contribution < 1.29 is 19.5 Å². The summed E-state index contributed by atoms with van der Waals surface area (Å²) in [6, 6.07) is 54.7. The molecule has 0 fully saturated rings. The van der Waals surface area contributed by atoms with Crippen molar-refractivity contribution in [2.45, 2.75) is 50.7 Å². The molecular weight excluding hydrogens is 737 g/mol. The standard InChI is InChI=1S/C49H46N6O4/c1-2-3-28-46(57)54(35-45(56)50-44(48(58)59)33-36-18-8-4-9-19-36)34-37-29-31-38(32-30-37)42-26-16-17-27-43(42)47-51-52-53-55(47)49(39-20-10-5-11-21-39,40-22-12-6-13-23-40)41-24-14-7-15-25-41/h4-27,29-32,44H,2-3,28,33-35H2,1H3,(H,50,56)(H,58,59)/t44-/m0/s1. The summed E-state index contributed by atoms with van der Waals surface area (Å²) in [4.78, 5) is 40.3. The van der Waals surface area contributed by atoms with Crippen LogP contribution in [0, 0.1) is 0 Å². The predicted molar refractivity (Wildman–Crippen MR) is 228 cm³/mol. The molecule has 0 aliphatic heterocycles. The predicted octanol–water partition coefficient (Wildman–Crippen LogP) is 8.18. The summed E-state index contributed by atoms with van der Waals surface area (Å²) in [6.07, 6.45) is 1.92. The van der Waals surface area contributed by atoms with Crippen molar-refractivity contribution in [1.82, 2.24) is 30.4 Å². The van der Waals surface area contributed by atoms with E-state index in [1.165, 1.54) is 4.90 Å². The van der Waals surface area contributed by atoms with Gasteiger partial charge in [0.05, 0.1) is 6.54 Å². The Morgan fingerprint density at radius 2 is 1.20 bits per heavy atom. The lowest BCUT2D eigenvalue weighted by molar-refractivity contribution is -0.142. The first-order chi connectivity index (χ1) is 28.9. The minimum Gasteiger partial charge on any atom is -0.480 e. The highest BCUT2D eigenvalue weighted by Gasteiger charge is 2.42. The number of benzene rings is 6. The maximum Gasteiger partial charge on any atom is 0.326 e. The zero-order chi connectivity index (χ0) is 41.0. The number of carbonyl (C=O) groups excluding carboxylic acids is 2. The first-order valence-electron chi connectivity index (χ1n) is 19.9. The monoisotopic (exact) mass is 782 g/mol. The number of carbonyl (C=O) groups is 3. The number of nitrogens with zero attached hydrogens (tertiary/aromatic N) is 5. The third kappa shape index (κ3) is 9.02. The van der Waals surface area contributed by atoms with Gasteiger partial charge in [-0.3, -0.25) is 9.59 Å². The van der Waals surface area contributed by atoms with Crippen molar-refractivity contribution >= 4 is 17.8 Å². The Morgan fingerprint density at radius 1 is 0.678 bits per heavy atom. The van der Waals surface area contributed by atoms with Crippen LogP contribution in [0.5, 0.6) is 0 Å². The molecule has 59 heavy (non-hydrogen) atoms. The molecule has 0 radical (unpaired) electrons. The molecule has 0 aliphatic carbocycles. The number of nitrogens with one attached hydrogen (secondary N) is 1. The normalized spacial score (nSPS) is 11.7. The van der Waals surface area contributed by atoms with Gasteiger partial charge in [-0.1, -0.05) is 183 Å². The summed E-state index contributed by atoms with van der Waals surface area (Å²) < 4.78 is 1.92. The molecular formula is C49H46N6O4. The zero-order valence-electron chi connectivity index (χ0n) is 32.9. The van der Waals surface area contributed by atoms with Gasteiger partial charge < -0.3 is 15.3 Å². The SMILES string of the molecule is CCCCC(=O)N(CC(=O)N[C@@H](Cc1ccccc1)C(=O)O)Cc1ccc(-c2ccccc2-c2nnnn2C(c2ccccc2)(c2ccccc2)c2ccccc2)cc1. The Morgan fingerprint density at radius 3 is 1.75 bits per heavy atom. The quantitative estimate of drug-likeness (QED) is 0.0892. The molecule has 296 valence electrons. The Labute approximate surface area is 344 Å². The van der Waals surface area contributed by atoms with Crippen LogP contribution in [0.3, 0.4) is 0 Å². The maximum absolute atomic E-state index is 13.4. The molecule has 7 rings (SSSR count). The number of aromatic nitrogens is 4. The Hall–Kier alpha value is -7.20. The molecule has 1 heterocycles. The second-order valence-corrected chi connectivity index (χ2v) is 14.5. The summed E-state index contributed by atoms with van der Waals surface area (Å²) in [5.74, 6) is -1.26.